The molecule has 0 radical (unpaired) electrons. The Balaban J connectivity index is 3.20. The number of carbonyl (C=O) groups excluding carboxylic acids is 1. The molecule has 5 nitrogen and oxygen atoms in total. The van der Waals surface area contributed by atoms with Crippen LogP contribution >= 0.6 is 0 Å². The Morgan fingerprint density at radius 2 is 1.76 bits per heavy atom. The molecule has 0 bridgehead atoms. The number of hydrogen-bond donors (Lipinski definition) is 0. The van der Waals surface area contributed by atoms with Gasteiger partial charge in [0.1, 0.15) is 25.9 Å². The molecule has 0 fully saturated rings. The Morgan fingerprint density at radius 3 is 2.16 bits per heavy atom. The molecular formula is C19H34N2O3Si. The van der Waals surface area contributed by atoms with Crippen LogP contribution in [0.4, 0.5) is 4.79 Å². The molecule has 1 aliphatic heterocycles. The molecule has 25 heavy (non-hydrogen) atoms. The molecule has 2 atom stereocenters. The Kier molecular flexibility index (Phi) is 6.39. The standard InChI is InChI=1S/C19H34N2O3Si/c1-18(2,3)16-20-15(23-7)14(12-11-13-25(8,9)10)21(16)17(22)24-19(4,5)6/h14,16H,12H2,1-10H3/t14-,16-/m0/s1. The number of hydrogen-bond acceptors (Lipinski definition) is 4. The van der Waals surface area contributed by atoms with E-state index in [0.29, 0.717) is 12.3 Å². The molecule has 0 aliphatic carbocycles. The van der Waals surface area contributed by atoms with Crippen molar-refractivity contribution in [3.05, 3.63) is 0 Å². The van der Waals surface area contributed by atoms with Crippen LogP contribution in [0.25, 0.3) is 0 Å². The molecule has 0 aromatic heterocycles. The number of rotatable bonds is 1. The van der Waals surface area contributed by atoms with Gasteiger partial charge in [0.05, 0.1) is 7.11 Å². The molecule has 0 unspecified atom stereocenters. The van der Waals surface area contributed by atoms with Crippen LogP contribution in [0.1, 0.15) is 48.0 Å². The van der Waals surface area contributed by atoms with Gasteiger partial charge in [-0.05, 0) is 20.8 Å². The van der Waals surface area contributed by atoms with Crippen LogP contribution in [-0.2, 0) is 9.47 Å². The highest BCUT2D eigenvalue weighted by atomic mass is 28.3. The maximum Gasteiger partial charge on any atom is 0.412 e. The molecule has 1 aliphatic rings. The molecule has 0 aromatic carbocycles. The van der Waals surface area contributed by atoms with E-state index in [0.717, 1.165) is 0 Å². The molecule has 142 valence electrons. The highest BCUT2D eigenvalue weighted by Crippen LogP contribution is 2.34. The van der Waals surface area contributed by atoms with Gasteiger partial charge in [0.15, 0.2) is 0 Å². The van der Waals surface area contributed by atoms with E-state index in [1.54, 1.807) is 12.0 Å². The lowest BCUT2D eigenvalue weighted by Gasteiger charge is -2.36. The summed E-state index contributed by atoms with van der Waals surface area (Å²) in [5, 5.41) is 0. The Bertz CT molecular complexity index is 583. The summed E-state index contributed by atoms with van der Waals surface area (Å²) in [7, 11) is 0.114. The van der Waals surface area contributed by atoms with Gasteiger partial charge in [0, 0.05) is 11.8 Å². The van der Waals surface area contributed by atoms with Crippen molar-refractivity contribution in [1.82, 2.24) is 4.90 Å². The van der Waals surface area contributed by atoms with E-state index in [-0.39, 0.29) is 23.7 Å². The second-order valence-electron chi connectivity index (χ2n) is 9.57. The molecule has 0 N–H and O–H groups in total. The van der Waals surface area contributed by atoms with Crippen molar-refractivity contribution >= 4 is 20.1 Å². The molecular weight excluding hydrogens is 332 g/mol. The third-order valence-corrected chi connectivity index (χ3v) is 4.41. The lowest BCUT2D eigenvalue weighted by atomic mass is 9.91. The minimum atomic E-state index is -1.48. The number of nitrogens with zero attached hydrogens (tertiary/aromatic N) is 2. The largest absolute Gasteiger partial charge is 0.483 e. The highest BCUT2D eigenvalue weighted by Gasteiger charge is 2.46. The molecule has 0 spiro atoms. The fourth-order valence-corrected chi connectivity index (χ4v) is 3.13. The highest BCUT2D eigenvalue weighted by molar-refractivity contribution is 6.83. The number of ether oxygens (including phenoxy) is 2. The van der Waals surface area contributed by atoms with Crippen molar-refractivity contribution in [3.8, 4) is 11.5 Å². The molecule has 0 aromatic rings. The predicted octanol–water partition coefficient (Wildman–Crippen LogP) is 4.29. The van der Waals surface area contributed by atoms with E-state index in [1.807, 2.05) is 20.8 Å². The van der Waals surface area contributed by atoms with Crippen molar-refractivity contribution in [2.45, 2.75) is 85.4 Å². The molecule has 0 saturated heterocycles. The van der Waals surface area contributed by atoms with Crippen LogP contribution in [0.2, 0.25) is 19.6 Å². The normalized spacial score (nSPS) is 21.4. The Hall–Kier alpha value is -1.48. The first kappa shape index (κ1) is 21.6. The first-order valence-electron chi connectivity index (χ1n) is 8.79. The van der Waals surface area contributed by atoms with E-state index in [9.17, 15) is 4.79 Å². The third kappa shape index (κ3) is 6.39. The lowest BCUT2D eigenvalue weighted by molar-refractivity contribution is 0.00258. The van der Waals surface area contributed by atoms with Crippen molar-refractivity contribution in [2.75, 3.05) is 7.11 Å². The summed E-state index contributed by atoms with van der Waals surface area (Å²) < 4.78 is 11.1. The Morgan fingerprint density at radius 1 is 1.20 bits per heavy atom. The lowest BCUT2D eigenvalue weighted by Crippen LogP contribution is -2.50. The smallest absolute Gasteiger partial charge is 0.412 e. The van der Waals surface area contributed by atoms with Crippen LogP contribution in [0.15, 0.2) is 4.99 Å². The number of aliphatic imine (C=N–C) groups is 1. The zero-order valence-corrected chi connectivity index (χ0v) is 18.5. The average molecular weight is 367 g/mol. The second-order valence-corrected chi connectivity index (χ2v) is 14.3. The van der Waals surface area contributed by atoms with Gasteiger partial charge in [0.2, 0.25) is 5.90 Å². The molecule has 0 saturated carbocycles. The summed E-state index contributed by atoms with van der Waals surface area (Å²) in [6, 6.07) is -0.312. The van der Waals surface area contributed by atoms with E-state index >= 15 is 0 Å². The van der Waals surface area contributed by atoms with Crippen molar-refractivity contribution in [1.29, 1.82) is 0 Å². The maximum atomic E-state index is 12.9. The van der Waals surface area contributed by atoms with Crippen LogP contribution in [0.3, 0.4) is 0 Å². The van der Waals surface area contributed by atoms with E-state index < -0.39 is 13.7 Å². The van der Waals surface area contributed by atoms with Gasteiger partial charge in [0.25, 0.3) is 0 Å². The van der Waals surface area contributed by atoms with Gasteiger partial charge >= 0.3 is 6.09 Å². The second kappa shape index (κ2) is 7.41. The van der Waals surface area contributed by atoms with Crippen LogP contribution in [-0.4, -0.2) is 49.9 Å². The van der Waals surface area contributed by atoms with Crippen LogP contribution in [0, 0.1) is 16.9 Å². The fraction of sp³-hybridized carbons (Fsp3) is 0.789. The summed E-state index contributed by atoms with van der Waals surface area (Å²) in [6.45, 7) is 18.4. The zero-order valence-electron chi connectivity index (χ0n) is 17.5. The maximum absolute atomic E-state index is 12.9. The van der Waals surface area contributed by atoms with Crippen molar-refractivity contribution in [2.24, 2.45) is 10.4 Å². The van der Waals surface area contributed by atoms with Crippen molar-refractivity contribution in [3.63, 3.8) is 0 Å². The SMILES string of the molecule is COC1=N[C@H](C(C)(C)C)N(C(=O)OC(C)(C)C)[C@H]1CC#C[Si](C)(C)C. The Labute approximate surface area is 154 Å². The van der Waals surface area contributed by atoms with Crippen LogP contribution < -0.4 is 0 Å². The quantitative estimate of drug-likeness (QED) is 0.514. The van der Waals surface area contributed by atoms with Gasteiger partial charge in [-0.1, -0.05) is 40.4 Å². The minimum Gasteiger partial charge on any atom is -0.483 e. The van der Waals surface area contributed by atoms with Gasteiger partial charge in [-0.25, -0.2) is 9.79 Å². The van der Waals surface area contributed by atoms with Gasteiger partial charge in [-0.2, -0.15) is 0 Å². The topological polar surface area (TPSA) is 51.1 Å². The minimum absolute atomic E-state index is 0.234. The summed E-state index contributed by atoms with van der Waals surface area (Å²) in [4.78, 5) is 19.3. The number of carbonyl (C=O) groups is 1. The average Bonchev–Trinajstić information content (AvgIpc) is 2.73. The van der Waals surface area contributed by atoms with Gasteiger partial charge in [-0.3, -0.25) is 4.90 Å². The number of amides is 1. The van der Waals surface area contributed by atoms with E-state index in [1.165, 1.54) is 0 Å². The van der Waals surface area contributed by atoms with E-state index in [4.69, 9.17) is 9.47 Å². The summed E-state index contributed by atoms with van der Waals surface area (Å²) in [5.41, 5.74) is 2.55. The summed E-state index contributed by atoms with van der Waals surface area (Å²) >= 11 is 0. The van der Waals surface area contributed by atoms with E-state index in [2.05, 4.69) is 56.9 Å². The first-order valence-corrected chi connectivity index (χ1v) is 12.3. The van der Waals surface area contributed by atoms with Crippen molar-refractivity contribution < 1.29 is 14.3 Å². The van der Waals surface area contributed by atoms with Crippen LogP contribution in [0.5, 0.6) is 0 Å². The predicted molar refractivity (Wildman–Crippen MR) is 105 cm³/mol. The fourth-order valence-electron chi connectivity index (χ4n) is 2.50. The molecule has 1 amide bonds. The number of methoxy groups -OCH3 is 1. The van der Waals surface area contributed by atoms with Gasteiger partial charge < -0.3 is 9.47 Å². The zero-order chi connectivity index (χ0) is 19.6. The molecule has 1 heterocycles. The first-order chi connectivity index (χ1) is 11.2. The van der Waals surface area contributed by atoms with Gasteiger partial charge in [-0.15, -0.1) is 11.5 Å². The monoisotopic (exact) mass is 366 g/mol. The molecule has 6 heteroatoms. The summed E-state index contributed by atoms with van der Waals surface area (Å²) in [5.74, 6) is 3.80. The summed E-state index contributed by atoms with van der Waals surface area (Å²) in [6.07, 6.45) is -0.207. The third-order valence-electron chi connectivity index (χ3n) is 3.48. The molecule has 1 rings (SSSR count).